The normalized spacial score (nSPS) is 14.5. The third-order valence-corrected chi connectivity index (χ3v) is 3.15. The second kappa shape index (κ2) is 5.75. The molecule has 0 saturated carbocycles. The van der Waals surface area contributed by atoms with Gasteiger partial charge in [-0.05, 0) is 25.7 Å². The van der Waals surface area contributed by atoms with Gasteiger partial charge in [-0.3, -0.25) is 0 Å². The van der Waals surface area contributed by atoms with Crippen molar-refractivity contribution in [2.75, 3.05) is 11.9 Å². The van der Waals surface area contributed by atoms with E-state index in [9.17, 15) is 13.2 Å². The van der Waals surface area contributed by atoms with Gasteiger partial charge in [0, 0.05) is 24.2 Å². The first kappa shape index (κ1) is 14.1. The number of nitrogens with one attached hydrogen (secondary N) is 1. The highest BCUT2D eigenvalue weighted by molar-refractivity contribution is 5.48. The molecule has 19 heavy (non-hydrogen) atoms. The van der Waals surface area contributed by atoms with Crippen molar-refractivity contribution in [1.29, 1.82) is 0 Å². The molecule has 3 nitrogen and oxygen atoms in total. The van der Waals surface area contributed by atoms with E-state index in [0.717, 1.165) is 49.3 Å². The quantitative estimate of drug-likeness (QED) is 0.894. The first-order chi connectivity index (χ1) is 8.99. The van der Waals surface area contributed by atoms with Gasteiger partial charge in [-0.15, -0.1) is 0 Å². The number of fused-ring (bicyclic) bond motifs is 1. The minimum absolute atomic E-state index is 0.141. The van der Waals surface area contributed by atoms with Gasteiger partial charge in [-0.1, -0.05) is 6.92 Å². The van der Waals surface area contributed by atoms with Gasteiger partial charge in [0.1, 0.15) is 11.6 Å². The summed E-state index contributed by atoms with van der Waals surface area (Å²) >= 11 is 0. The lowest BCUT2D eigenvalue weighted by Gasteiger charge is -2.12. The molecule has 0 bridgehead atoms. The average Bonchev–Trinajstić information content (AvgIpc) is 2.80. The fourth-order valence-corrected chi connectivity index (χ4v) is 2.24. The molecule has 1 aliphatic carbocycles. The highest BCUT2D eigenvalue weighted by atomic mass is 19.4. The molecular weight excluding hydrogens is 255 g/mol. The number of hydrogen-bond donors (Lipinski definition) is 1. The van der Waals surface area contributed by atoms with Gasteiger partial charge in [-0.2, -0.15) is 13.2 Å². The maximum Gasteiger partial charge on any atom is 0.389 e. The zero-order chi connectivity index (χ0) is 13.9. The van der Waals surface area contributed by atoms with Gasteiger partial charge in [0.05, 0.1) is 6.42 Å². The molecule has 0 radical (unpaired) electrons. The molecule has 1 aromatic rings. The zero-order valence-corrected chi connectivity index (χ0v) is 11.0. The van der Waals surface area contributed by atoms with Crippen molar-refractivity contribution in [3.8, 4) is 0 Å². The molecule has 1 N–H and O–H groups in total. The van der Waals surface area contributed by atoms with Crippen molar-refractivity contribution < 1.29 is 13.2 Å². The summed E-state index contributed by atoms with van der Waals surface area (Å²) in [5.41, 5.74) is 2.01. The van der Waals surface area contributed by atoms with E-state index < -0.39 is 12.6 Å². The first-order valence-corrected chi connectivity index (χ1v) is 6.69. The summed E-state index contributed by atoms with van der Waals surface area (Å²) in [6.45, 7) is 2.82. The van der Waals surface area contributed by atoms with Crippen LogP contribution in [0.3, 0.4) is 0 Å². The van der Waals surface area contributed by atoms with Gasteiger partial charge in [0.25, 0.3) is 0 Å². The number of rotatable bonds is 5. The summed E-state index contributed by atoms with van der Waals surface area (Å²) in [5, 5.41) is 3.20. The molecule has 1 aromatic heterocycles. The Hall–Kier alpha value is -1.33. The van der Waals surface area contributed by atoms with Crippen LogP contribution >= 0.6 is 0 Å². The van der Waals surface area contributed by atoms with E-state index in [2.05, 4.69) is 15.3 Å². The number of anilines is 1. The lowest BCUT2D eigenvalue weighted by atomic mass is 10.2. The topological polar surface area (TPSA) is 37.8 Å². The molecule has 0 unspecified atom stereocenters. The Kier molecular flexibility index (Phi) is 4.27. The molecule has 0 aliphatic heterocycles. The van der Waals surface area contributed by atoms with Gasteiger partial charge >= 0.3 is 6.18 Å². The van der Waals surface area contributed by atoms with Crippen LogP contribution in [0.4, 0.5) is 19.0 Å². The molecule has 2 rings (SSSR count). The van der Waals surface area contributed by atoms with Gasteiger partial charge in [0.15, 0.2) is 0 Å². The Morgan fingerprint density at radius 3 is 2.68 bits per heavy atom. The SMILES string of the molecule is CCCNc1nc(CCC(F)(F)F)nc2c1CCC2. The molecule has 0 atom stereocenters. The standard InChI is InChI=1S/C13H18F3N3/c1-2-8-17-12-9-4-3-5-10(9)18-11(19-12)6-7-13(14,15)16/h2-8H2,1H3,(H,17,18,19). The van der Waals surface area contributed by atoms with E-state index in [1.165, 1.54) is 0 Å². The Morgan fingerprint density at radius 1 is 1.21 bits per heavy atom. The summed E-state index contributed by atoms with van der Waals surface area (Å²) in [6, 6.07) is 0. The van der Waals surface area contributed by atoms with E-state index in [1.54, 1.807) is 0 Å². The van der Waals surface area contributed by atoms with Gasteiger partial charge in [-0.25, -0.2) is 9.97 Å². The molecule has 0 saturated heterocycles. The smallest absolute Gasteiger partial charge is 0.370 e. The van der Waals surface area contributed by atoms with Gasteiger partial charge in [0.2, 0.25) is 0 Å². The fourth-order valence-electron chi connectivity index (χ4n) is 2.24. The Morgan fingerprint density at radius 2 is 2.00 bits per heavy atom. The number of halogens is 3. The summed E-state index contributed by atoms with van der Waals surface area (Å²) < 4.78 is 36.7. The number of aromatic nitrogens is 2. The monoisotopic (exact) mass is 273 g/mol. The predicted octanol–water partition coefficient (Wildman–Crippen LogP) is 3.28. The minimum atomic E-state index is -4.15. The van der Waals surface area contributed by atoms with Crippen molar-refractivity contribution >= 4 is 5.82 Å². The van der Waals surface area contributed by atoms with Crippen LogP contribution in [0.15, 0.2) is 0 Å². The summed E-state index contributed by atoms with van der Waals surface area (Å²) in [6.07, 6.45) is -1.43. The van der Waals surface area contributed by atoms with Crippen LogP contribution in [-0.2, 0) is 19.3 Å². The lowest BCUT2D eigenvalue weighted by Crippen LogP contribution is -2.13. The van der Waals surface area contributed by atoms with Crippen molar-refractivity contribution in [3.05, 3.63) is 17.1 Å². The Balaban J connectivity index is 2.16. The molecule has 106 valence electrons. The lowest BCUT2D eigenvalue weighted by molar-refractivity contribution is -0.134. The van der Waals surface area contributed by atoms with Crippen LogP contribution in [0.5, 0.6) is 0 Å². The van der Waals surface area contributed by atoms with E-state index in [0.29, 0.717) is 5.82 Å². The Bertz CT molecular complexity index is 443. The van der Waals surface area contributed by atoms with E-state index in [-0.39, 0.29) is 6.42 Å². The predicted molar refractivity (Wildman–Crippen MR) is 67.2 cm³/mol. The number of aryl methyl sites for hydroxylation is 2. The van der Waals surface area contributed by atoms with Crippen LogP contribution in [-0.4, -0.2) is 22.7 Å². The molecule has 1 heterocycles. The third kappa shape index (κ3) is 3.81. The molecule has 0 amide bonds. The first-order valence-electron chi connectivity index (χ1n) is 6.69. The highest BCUT2D eigenvalue weighted by Gasteiger charge is 2.28. The fraction of sp³-hybridized carbons (Fsp3) is 0.692. The average molecular weight is 273 g/mol. The van der Waals surface area contributed by atoms with Crippen molar-refractivity contribution in [2.24, 2.45) is 0 Å². The van der Waals surface area contributed by atoms with E-state index >= 15 is 0 Å². The molecule has 0 fully saturated rings. The summed E-state index contributed by atoms with van der Waals surface area (Å²) in [7, 11) is 0. The van der Waals surface area contributed by atoms with Crippen LogP contribution in [0.25, 0.3) is 0 Å². The number of alkyl halides is 3. The van der Waals surface area contributed by atoms with Crippen LogP contribution < -0.4 is 5.32 Å². The molecular formula is C13H18F3N3. The molecule has 0 spiro atoms. The van der Waals surface area contributed by atoms with E-state index in [1.807, 2.05) is 6.92 Å². The second-order valence-electron chi connectivity index (χ2n) is 4.81. The molecule has 1 aliphatic rings. The number of hydrogen-bond acceptors (Lipinski definition) is 3. The maximum atomic E-state index is 12.2. The summed E-state index contributed by atoms with van der Waals surface area (Å²) in [5.74, 6) is 1.04. The number of nitrogens with zero attached hydrogens (tertiary/aromatic N) is 2. The second-order valence-corrected chi connectivity index (χ2v) is 4.81. The Labute approximate surface area is 110 Å². The van der Waals surface area contributed by atoms with Crippen LogP contribution in [0.1, 0.15) is 43.3 Å². The van der Waals surface area contributed by atoms with Crippen molar-refractivity contribution in [3.63, 3.8) is 0 Å². The summed E-state index contributed by atoms with van der Waals surface area (Å²) in [4.78, 5) is 8.54. The molecule has 0 aromatic carbocycles. The zero-order valence-electron chi connectivity index (χ0n) is 11.0. The van der Waals surface area contributed by atoms with Crippen molar-refractivity contribution in [2.45, 2.75) is 51.6 Å². The largest absolute Gasteiger partial charge is 0.389 e. The maximum absolute atomic E-state index is 12.2. The van der Waals surface area contributed by atoms with E-state index in [4.69, 9.17) is 0 Å². The highest BCUT2D eigenvalue weighted by Crippen LogP contribution is 2.27. The minimum Gasteiger partial charge on any atom is -0.370 e. The molecule has 6 heteroatoms. The van der Waals surface area contributed by atoms with Gasteiger partial charge < -0.3 is 5.32 Å². The van der Waals surface area contributed by atoms with Crippen LogP contribution in [0, 0.1) is 0 Å². The van der Waals surface area contributed by atoms with Crippen LogP contribution in [0.2, 0.25) is 0 Å². The van der Waals surface area contributed by atoms with Crippen molar-refractivity contribution in [1.82, 2.24) is 9.97 Å². The third-order valence-electron chi connectivity index (χ3n) is 3.15.